The van der Waals surface area contributed by atoms with Crippen LogP contribution in [-0.4, -0.2) is 53.8 Å². The molecular weight excluding hydrogens is 364 g/mol. The van der Waals surface area contributed by atoms with E-state index in [2.05, 4.69) is 10.6 Å². The molecule has 1 aliphatic rings. The molecule has 0 fully saturated rings. The quantitative estimate of drug-likeness (QED) is 0.505. The third kappa shape index (κ3) is 3.41. The summed E-state index contributed by atoms with van der Waals surface area (Å²) in [4.78, 5) is 39.4. The highest BCUT2D eigenvalue weighted by molar-refractivity contribution is 6.20. The number of para-hydroxylation sites is 1. The number of nitrogens with zero attached hydrogens (tertiary/aromatic N) is 2. The van der Waals surface area contributed by atoms with Gasteiger partial charge in [0, 0.05) is 21.1 Å². The fourth-order valence-corrected chi connectivity index (χ4v) is 2.70. The van der Waals surface area contributed by atoms with Crippen molar-refractivity contribution in [2.75, 3.05) is 26.5 Å². The molecule has 1 aliphatic heterocycles. The fraction of sp³-hybridized carbons (Fsp3) is 0.211. The first kappa shape index (κ1) is 19.0. The first-order chi connectivity index (χ1) is 13.3. The number of carbonyl (C=O) groups is 3. The van der Waals surface area contributed by atoms with Crippen LogP contribution in [0.3, 0.4) is 0 Å². The predicted molar refractivity (Wildman–Crippen MR) is 100 cm³/mol. The molecule has 1 aromatic heterocycles. The smallest absolute Gasteiger partial charge is 0.279 e. The highest BCUT2D eigenvalue weighted by atomic mass is 16.3. The Bertz CT molecular complexity index is 963. The molecule has 3 N–H and O–H groups in total. The number of imide groups is 1. The van der Waals surface area contributed by atoms with Crippen LogP contribution in [0.25, 0.3) is 0 Å². The van der Waals surface area contributed by atoms with Crippen LogP contribution in [0, 0.1) is 0 Å². The molecule has 3 amide bonds. The zero-order valence-corrected chi connectivity index (χ0v) is 15.6. The Morgan fingerprint density at radius 1 is 1.14 bits per heavy atom. The van der Waals surface area contributed by atoms with E-state index in [1.165, 1.54) is 30.3 Å². The van der Waals surface area contributed by atoms with Crippen molar-refractivity contribution < 1.29 is 23.9 Å². The van der Waals surface area contributed by atoms with Gasteiger partial charge in [0.1, 0.15) is 17.2 Å². The number of furan rings is 1. The van der Waals surface area contributed by atoms with Gasteiger partial charge in [0.05, 0.1) is 24.1 Å². The van der Waals surface area contributed by atoms with Gasteiger partial charge < -0.3 is 25.1 Å². The highest BCUT2D eigenvalue weighted by Gasteiger charge is 2.36. The summed E-state index contributed by atoms with van der Waals surface area (Å²) in [5.41, 5.74) is 0.235. The maximum Gasteiger partial charge on any atom is 0.279 e. The first-order valence-electron chi connectivity index (χ1n) is 8.44. The van der Waals surface area contributed by atoms with Crippen molar-refractivity contribution >= 4 is 23.4 Å². The number of anilines is 1. The van der Waals surface area contributed by atoms with Crippen LogP contribution in [0.2, 0.25) is 0 Å². The maximum atomic E-state index is 12.5. The molecule has 1 aromatic carbocycles. The number of aromatic hydroxyl groups is 1. The lowest BCUT2D eigenvalue weighted by Crippen LogP contribution is -2.29. The van der Waals surface area contributed by atoms with E-state index in [1.54, 1.807) is 32.3 Å². The molecule has 9 nitrogen and oxygen atoms in total. The Hall–Kier alpha value is -3.75. The van der Waals surface area contributed by atoms with Crippen molar-refractivity contribution in [2.24, 2.45) is 0 Å². The first-order valence-corrected chi connectivity index (χ1v) is 8.44. The van der Waals surface area contributed by atoms with Crippen LogP contribution < -0.4 is 10.6 Å². The van der Waals surface area contributed by atoms with Gasteiger partial charge in [0.15, 0.2) is 5.75 Å². The second-order valence-corrected chi connectivity index (χ2v) is 6.38. The Morgan fingerprint density at radius 3 is 2.50 bits per heavy atom. The van der Waals surface area contributed by atoms with E-state index in [9.17, 15) is 19.5 Å². The number of carbonyl (C=O) groups excluding carboxylic acids is 3. The number of likely N-dealkylation sites (N-methyl/N-ethyl adjacent to an activating group) is 1. The minimum absolute atomic E-state index is 0.0243. The topological polar surface area (TPSA) is 115 Å². The number of phenolic OH excluding ortho intramolecular Hbond substituents is 1. The molecule has 146 valence electrons. The van der Waals surface area contributed by atoms with Crippen LogP contribution in [0.5, 0.6) is 5.75 Å². The number of hydrogen-bond acceptors (Lipinski definition) is 7. The van der Waals surface area contributed by atoms with E-state index in [0.717, 1.165) is 4.90 Å². The van der Waals surface area contributed by atoms with E-state index in [0.29, 0.717) is 5.76 Å². The average molecular weight is 384 g/mol. The number of phenols is 1. The molecule has 0 saturated carbocycles. The van der Waals surface area contributed by atoms with Gasteiger partial charge in [-0.3, -0.25) is 19.3 Å². The van der Waals surface area contributed by atoms with Crippen molar-refractivity contribution in [1.29, 1.82) is 0 Å². The summed E-state index contributed by atoms with van der Waals surface area (Å²) in [5, 5.41) is 16.2. The minimum atomic E-state index is -0.560. The number of hydrogen-bond donors (Lipinski definition) is 3. The van der Waals surface area contributed by atoms with Gasteiger partial charge in [0.2, 0.25) is 0 Å². The van der Waals surface area contributed by atoms with Gasteiger partial charge in [-0.2, -0.15) is 0 Å². The fourth-order valence-electron chi connectivity index (χ4n) is 2.70. The van der Waals surface area contributed by atoms with Gasteiger partial charge >= 0.3 is 0 Å². The lowest BCUT2D eigenvalue weighted by atomic mass is 10.1. The van der Waals surface area contributed by atoms with Gasteiger partial charge in [-0.15, -0.1) is 0 Å². The molecule has 0 saturated heterocycles. The Labute approximate surface area is 161 Å². The number of benzene rings is 1. The molecule has 0 spiro atoms. The second kappa shape index (κ2) is 7.47. The van der Waals surface area contributed by atoms with Crippen molar-refractivity contribution in [2.45, 2.75) is 6.54 Å². The SMILES string of the molecule is CN(C)C(=O)c1cccc(NC2=C(NCc3ccco3)C(=O)N(C)C2=O)c1O. The van der Waals surface area contributed by atoms with E-state index in [-0.39, 0.29) is 34.9 Å². The molecule has 2 aromatic rings. The second-order valence-electron chi connectivity index (χ2n) is 6.38. The van der Waals surface area contributed by atoms with Crippen LogP contribution >= 0.6 is 0 Å². The molecule has 0 unspecified atom stereocenters. The molecule has 0 bridgehead atoms. The summed E-state index contributed by atoms with van der Waals surface area (Å²) in [6.07, 6.45) is 1.50. The van der Waals surface area contributed by atoms with Crippen molar-refractivity contribution in [1.82, 2.24) is 15.1 Å². The van der Waals surface area contributed by atoms with Crippen molar-refractivity contribution in [3.05, 3.63) is 59.3 Å². The number of amides is 3. The molecular formula is C19H20N4O5. The van der Waals surface area contributed by atoms with Gasteiger partial charge in [0.25, 0.3) is 17.7 Å². The van der Waals surface area contributed by atoms with Crippen LogP contribution in [-0.2, 0) is 16.1 Å². The normalized spacial score (nSPS) is 13.9. The van der Waals surface area contributed by atoms with Crippen LogP contribution in [0.1, 0.15) is 16.1 Å². The standard InChI is InChI=1S/C19H20N4O5/c1-22(2)17(25)12-7-4-8-13(16(12)24)21-15-14(18(26)23(3)19(15)27)20-10-11-6-5-9-28-11/h4-9,20-21,24H,10H2,1-3H3. The third-order valence-electron chi connectivity index (χ3n) is 4.24. The zero-order chi connectivity index (χ0) is 20.4. The van der Waals surface area contributed by atoms with E-state index < -0.39 is 17.7 Å². The molecule has 0 aliphatic carbocycles. The summed E-state index contributed by atoms with van der Waals surface area (Å²) in [7, 11) is 4.49. The minimum Gasteiger partial charge on any atom is -0.505 e. The summed E-state index contributed by atoms with van der Waals surface area (Å²) in [6, 6.07) is 7.99. The van der Waals surface area contributed by atoms with Crippen molar-refractivity contribution in [3.8, 4) is 5.75 Å². The van der Waals surface area contributed by atoms with E-state index in [4.69, 9.17) is 4.42 Å². The maximum absolute atomic E-state index is 12.5. The van der Waals surface area contributed by atoms with Gasteiger partial charge in [-0.05, 0) is 24.3 Å². The molecule has 28 heavy (non-hydrogen) atoms. The molecule has 0 radical (unpaired) electrons. The molecule has 2 heterocycles. The summed E-state index contributed by atoms with van der Waals surface area (Å²) < 4.78 is 5.22. The lowest BCUT2D eigenvalue weighted by molar-refractivity contribution is -0.136. The molecule has 3 rings (SSSR count). The van der Waals surface area contributed by atoms with Gasteiger partial charge in [-0.1, -0.05) is 6.07 Å². The molecule has 0 atom stereocenters. The van der Waals surface area contributed by atoms with Crippen molar-refractivity contribution in [3.63, 3.8) is 0 Å². The summed E-state index contributed by atoms with van der Waals surface area (Å²) in [6.45, 7) is 0.200. The third-order valence-corrected chi connectivity index (χ3v) is 4.24. The van der Waals surface area contributed by atoms with E-state index >= 15 is 0 Å². The monoisotopic (exact) mass is 384 g/mol. The lowest BCUT2D eigenvalue weighted by Gasteiger charge is -2.15. The summed E-state index contributed by atoms with van der Waals surface area (Å²) >= 11 is 0. The highest BCUT2D eigenvalue weighted by Crippen LogP contribution is 2.31. The van der Waals surface area contributed by atoms with Crippen LogP contribution in [0.15, 0.2) is 52.4 Å². The summed E-state index contributed by atoms with van der Waals surface area (Å²) in [5.74, 6) is -1.19. The number of rotatable bonds is 6. The van der Waals surface area contributed by atoms with Gasteiger partial charge in [-0.25, -0.2) is 0 Å². The largest absolute Gasteiger partial charge is 0.505 e. The van der Waals surface area contributed by atoms with Crippen LogP contribution in [0.4, 0.5) is 5.69 Å². The Morgan fingerprint density at radius 2 is 1.86 bits per heavy atom. The number of nitrogens with one attached hydrogen (secondary N) is 2. The Balaban J connectivity index is 1.93. The zero-order valence-electron chi connectivity index (χ0n) is 15.6. The average Bonchev–Trinajstić information content (AvgIpc) is 3.25. The van der Waals surface area contributed by atoms with E-state index in [1.807, 2.05) is 0 Å². The Kier molecular flexibility index (Phi) is 5.08. The molecule has 9 heteroatoms. The predicted octanol–water partition coefficient (Wildman–Crippen LogP) is 1.10.